The van der Waals surface area contributed by atoms with E-state index in [1.165, 1.54) is 23.1 Å². The van der Waals surface area contributed by atoms with Gasteiger partial charge in [0.05, 0.1) is 17.9 Å². The summed E-state index contributed by atoms with van der Waals surface area (Å²) < 4.78 is 15.3. The van der Waals surface area contributed by atoms with Gasteiger partial charge >= 0.3 is 0 Å². The van der Waals surface area contributed by atoms with E-state index < -0.39 is 0 Å². The van der Waals surface area contributed by atoms with Crippen LogP contribution >= 0.6 is 0 Å². The summed E-state index contributed by atoms with van der Waals surface area (Å²) in [5.74, 6) is -0.646. The first-order valence-corrected chi connectivity index (χ1v) is 6.61. The molecule has 1 aromatic carbocycles. The summed E-state index contributed by atoms with van der Waals surface area (Å²) in [4.78, 5) is 13.6. The van der Waals surface area contributed by atoms with Crippen molar-refractivity contribution in [1.82, 2.24) is 9.78 Å². The lowest BCUT2D eigenvalue weighted by molar-refractivity contribution is -0.114. The molecule has 0 aliphatic heterocycles. The second kappa shape index (κ2) is 5.91. The standard InChI is InChI=1S/C16H18FN3O/c1-5-16(21)20(10-15-8-12(3)18-19(15)4)14-7-11(2)6-13(17)9-14/h5-9H,1,10H2,2-4H3. The highest BCUT2D eigenvalue weighted by molar-refractivity contribution is 6.00. The highest BCUT2D eigenvalue weighted by Gasteiger charge is 2.17. The van der Waals surface area contributed by atoms with Crippen LogP contribution in [0.4, 0.5) is 10.1 Å². The van der Waals surface area contributed by atoms with Crippen LogP contribution in [-0.2, 0) is 18.4 Å². The zero-order valence-corrected chi connectivity index (χ0v) is 12.4. The molecule has 4 nitrogen and oxygen atoms in total. The fourth-order valence-electron chi connectivity index (χ4n) is 2.25. The van der Waals surface area contributed by atoms with Crippen molar-refractivity contribution in [2.24, 2.45) is 7.05 Å². The number of aromatic nitrogens is 2. The number of amides is 1. The summed E-state index contributed by atoms with van der Waals surface area (Å²) in [7, 11) is 1.82. The molecule has 0 bridgehead atoms. The van der Waals surface area contributed by atoms with Crippen LogP contribution in [0, 0.1) is 19.7 Å². The number of rotatable bonds is 4. The van der Waals surface area contributed by atoms with Crippen LogP contribution in [-0.4, -0.2) is 15.7 Å². The van der Waals surface area contributed by atoms with Crippen molar-refractivity contribution in [3.63, 3.8) is 0 Å². The third kappa shape index (κ3) is 3.37. The molecule has 2 rings (SSSR count). The summed E-state index contributed by atoms with van der Waals surface area (Å²) >= 11 is 0. The number of halogens is 1. The second-order valence-corrected chi connectivity index (χ2v) is 5.02. The van der Waals surface area contributed by atoms with Crippen molar-refractivity contribution in [2.45, 2.75) is 20.4 Å². The number of anilines is 1. The molecule has 2 aromatic rings. The average Bonchev–Trinajstić information content (AvgIpc) is 2.72. The van der Waals surface area contributed by atoms with Crippen LogP contribution in [0.5, 0.6) is 0 Å². The number of benzene rings is 1. The van der Waals surface area contributed by atoms with E-state index in [1.54, 1.807) is 17.7 Å². The van der Waals surface area contributed by atoms with Gasteiger partial charge in [-0.15, -0.1) is 0 Å². The van der Waals surface area contributed by atoms with Crippen molar-refractivity contribution in [1.29, 1.82) is 0 Å². The summed E-state index contributed by atoms with van der Waals surface area (Å²) in [6.45, 7) is 7.50. The fraction of sp³-hybridized carbons (Fsp3) is 0.250. The van der Waals surface area contributed by atoms with E-state index in [1.807, 2.05) is 20.0 Å². The van der Waals surface area contributed by atoms with Crippen LogP contribution in [0.1, 0.15) is 17.0 Å². The first-order valence-electron chi connectivity index (χ1n) is 6.61. The number of hydrogen-bond donors (Lipinski definition) is 0. The average molecular weight is 287 g/mol. The zero-order valence-electron chi connectivity index (χ0n) is 12.4. The SMILES string of the molecule is C=CC(=O)N(Cc1cc(C)nn1C)c1cc(C)cc(F)c1. The molecule has 0 fully saturated rings. The van der Waals surface area contributed by atoms with Gasteiger partial charge in [-0.25, -0.2) is 4.39 Å². The van der Waals surface area contributed by atoms with Gasteiger partial charge in [0.2, 0.25) is 0 Å². The van der Waals surface area contributed by atoms with E-state index in [-0.39, 0.29) is 11.7 Å². The van der Waals surface area contributed by atoms with E-state index in [9.17, 15) is 9.18 Å². The molecule has 0 saturated heterocycles. The van der Waals surface area contributed by atoms with Crippen LogP contribution < -0.4 is 4.90 Å². The van der Waals surface area contributed by atoms with Gasteiger partial charge in [0.1, 0.15) is 5.82 Å². The molecule has 0 atom stereocenters. The minimum absolute atomic E-state index is 0.279. The Kier molecular flexibility index (Phi) is 4.21. The maximum absolute atomic E-state index is 13.6. The molecule has 0 N–H and O–H groups in total. The van der Waals surface area contributed by atoms with Gasteiger partial charge in [0.15, 0.2) is 0 Å². The van der Waals surface area contributed by atoms with Gasteiger partial charge in [-0.05, 0) is 49.8 Å². The van der Waals surface area contributed by atoms with Crippen LogP contribution in [0.15, 0.2) is 36.9 Å². The molecule has 0 unspecified atom stereocenters. The zero-order chi connectivity index (χ0) is 15.6. The topological polar surface area (TPSA) is 38.1 Å². The number of carbonyl (C=O) groups is 1. The Morgan fingerprint density at radius 2 is 2.10 bits per heavy atom. The van der Waals surface area contributed by atoms with E-state index in [0.717, 1.165) is 17.0 Å². The van der Waals surface area contributed by atoms with Crippen molar-refractivity contribution in [3.05, 3.63) is 59.7 Å². The fourth-order valence-corrected chi connectivity index (χ4v) is 2.25. The summed E-state index contributed by atoms with van der Waals surface area (Å²) in [6.07, 6.45) is 1.23. The third-order valence-electron chi connectivity index (χ3n) is 3.20. The molecule has 1 amide bonds. The summed E-state index contributed by atoms with van der Waals surface area (Å²) in [6, 6.07) is 6.44. The van der Waals surface area contributed by atoms with E-state index in [4.69, 9.17) is 0 Å². The lowest BCUT2D eigenvalue weighted by Crippen LogP contribution is -2.29. The minimum atomic E-state index is -0.368. The molecule has 0 aliphatic carbocycles. The quantitative estimate of drug-likeness (QED) is 0.811. The van der Waals surface area contributed by atoms with Crippen LogP contribution in [0.3, 0.4) is 0 Å². The molecule has 0 radical (unpaired) electrons. The van der Waals surface area contributed by atoms with Gasteiger partial charge in [-0.1, -0.05) is 6.58 Å². The molecule has 1 heterocycles. The first kappa shape index (κ1) is 15.0. The van der Waals surface area contributed by atoms with Crippen molar-refractivity contribution in [2.75, 3.05) is 4.90 Å². The highest BCUT2D eigenvalue weighted by Crippen LogP contribution is 2.21. The lowest BCUT2D eigenvalue weighted by Gasteiger charge is -2.22. The van der Waals surface area contributed by atoms with E-state index >= 15 is 0 Å². The Bertz CT molecular complexity index is 671. The molecule has 21 heavy (non-hydrogen) atoms. The van der Waals surface area contributed by atoms with E-state index in [2.05, 4.69) is 11.7 Å². The predicted molar refractivity (Wildman–Crippen MR) is 80.5 cm³/mol. The second-order valence-electron chi connectivity index (χ2n) is 5.02. The predicted octanol–water partition coefficient (Wildman–Crippen LogP) is 2.90. The molecular weight excluding hydrogens is 269 g/mol. The van der Waals surface area contributed by atoms with Gasteiger partial charge in [-0.3, -0.25) is 9.48 Å². The number of carbonyl (C=O) groups excluding carboxylic acids is 1. The molecule has 0 spiro atoms. The molecule has 0 aliphatic rings. The molecular formula is C16H18FN3O. The third-order valence-corrected chi connectivity index (χ3v) is 3.20. The number of aryl methyl sites for hydroxylation is 3. The summed E-state index contributed by atoms with van der Waals surface area (Å²) in [5.41, 5.74) is 3.00. The highest BCUT2D eigenvalue weighted by atomic mass is 19.1. The minimum Gasteiger partial charge on any atom is -0.303 e. The lowest BCUT2D eigenvalue weighted by atomic mass is 10.2. The van der Waals surface area contributed by atoms with Crippen molar-refractivity contribution in [3.8, 4) is 0 Å². The first-order chi connectivity index (χ1) is 9.90. The van der Waals surface area contributed by atoms with E-state index in [0.29, 0.717) is 12.2 Å². The smallest absolute Gasteiger partial charge is 0.250 e. The number of hydrogen-bond acceptors (Lipinski definition) is 2. The van der Waals surface area contributed by atoms with Gasteiger partial charge in [0.25, 0.3) is 5.91 Å². The van der Waals surface area contributed by atoms with Crippen molar-refractivity contribution < 1.29 is 9.18 Å². The normalized spacial score (nSPS) is 10.5. The Hall–Kier alpha value is -2.43. The maximum atomic E-state index is 13.6. The largest absolute Gasteiger partial charge is 0.303 e. The Morgan fingerprint density at radius 1 is 1.38 bits per heavy atom. The Balaban J connectivity index is 2.41. The Morgan fingerprint density at radius 3 is 2.62 bits per heavy atom. The van der Waals surface area contributed by atoms with Gasteiger partial charge in [-0.2, -0.15) is 5.10 Å². The van der Waals surface area contributed by atoms with Crippen LogP contribution in [0.2, 0.25) is 0 Å². The van der Waals surface area contributed by atoms with Gasteiger partial charge in [0, 0.05) is 12.7 Å². The van der Waals surface area contributed by atoms with Crippen molar-refractivity contribution >= 4 is 11.6 Å². The maximum Gasteiger partial charge on any atom is 0.250 e. The molecule has 0 saturated carbocycles. The Labute approximate surface area is 123 Å². The number of nitrogens with zero attached hydrogens (tertiary/aromatic N) is 3. The molecule has 5 heteroatoms. The monoisotopic (exact) mass is 287 g/mol. The molecule has 1 aromatic heterocycles. The molecule has 110 valence electrons. The van der Waals surface area contributed by atoms with Gasteiger partial charge < -0.3 is 4.90 Å². The summed E-state index contributed by atoms with van der Waals surface area (Å²) in [5, 5.41) is 4.26. The van der Waals surface area contributed by atoms with Crippen LogP contribution in [0.25, 0.3) is 0 Å².